The second kappa shape index (κ2) is 9.38. The quantitative estimate of drug-likeness (QED) is 0.593. The summed E-state index contributed by atoms with van der Waals surface area (Å²) in [5, 5.41) is 20.9. The van der Waals surface area contributed by atoms with Crippen LogP contribution in [-0.2, 0) is 9.47 Å². The third kappa shape index (κ3) is 4.14. The summed E-state index contributed by atoms with van der Waals surface area (Å²) in [6, 6.07) is 12.3. The Morgan fingerprint density at radius 1 is 1.00 bits per heavy atom. The number of aromatic nitrogens is 1. The van der Waals surface area contributed by atoms with E-state index in [1.54, 1.807) is 11.8 Å². The Balaban J connectivity index is 1.55. The predicted octanol–water partition coefficient (Wildman–Crippen LogP) is 3.61. The first-order valence-electron chi connectivity index (χ1n) is 11.0. The number of hydrogen-bond donors (Lipinski definition) is 0. The highest BCUT2D eigenvalue weighted by molar-refractivity contribution is 7.99. The van der Waals surface area contributed by atoms with Gasteiger partial charge in [0, 0.05) is 30.3 Å². The Labute approximate surface area is 191 Å². The number of thioether (sulfide) groups is 1. The summed E-state index contributed by atoms with van der Waals surface area (Å²) in [7, 11) is 0. The molecular formula is C24H24N4O3S. The van der Waals surface area contributed by atoms with E-state index in [2.05, 4.69) is 17.0 Å². The van der Waals surface area contributed by atoms with Crippen molar-refractivity contribution in [3.63, 3.8) is 0 Å². The molecule has 1 aromatic carbocycles. The molecule has 3 fully saturated rings. The van der Waals surface area contributed by atoms with Crippen LogP contribution in [0.4, 0.5) is 5.82 Å². The fraction of sp³-hybridized carbons (Fsp3) is 0.458. The van der Waals surface area contributed by atoms with E-state index in [9.17, 15) is 10.5 Å². The molecule has 0 saturated carbocycles. The number of benzene rings is 1. The molecule has 3 aliphatic rings. The summed E-state index contributed by atoms with van der Waals surface area (Å²) in [6.45, 7) is 4.48. The summed E-state index contributed by atoms with van der Waals surface area (Å²) in [6.07, 6.45) is 2.26. The van der Waals surface area contributed by atoms with Gasteiger partial charge in [0.2, 0.25) is 0 Å². The van der Waals surface area contributed by atoms with Gasteiger partial charge in [-0.15, -0.1) is 11.8 Å². The van der Waals surface area contributed by atoms with E-state index in [4.69, 9.17) is 19.2 Å². The van der Waals surface area contributed by atoms with E-state index in [1.165, 1.54) is 0 Å². The maximum Gasteiger partial charge on any atom is 0.148 e. The van der Waals surface area contributed by atoms with Crippen molar-refractivity contribution in [3.05, 3.63) is 35.4 Å². The van der Waals surface area contributed by atoms with Crippen LogP contribution < -0.4 is 9.64 Å². The smallest absolute Gasteiger partial charge is 0.148 e. The summed E-state index contributed by atoms with van der Waals surface area (Å²) in [4.78, 5) is 7.03. The van der Waals surface area contributed by atoms with Crippen molar-refractivity contribution in [1.29, 1.82) is 10.5 Å². The van der Waals surface area contributed by atoms with Crippen molar-refractivity contribution in [3.8, 4) is 29.0 Å². The molecule has 0 aliphatic carbocycles. The van der Waals surface area contributed by atoms with Crippen LogP contribution in [-0.4, -0.2) is 56.4 Å². The van der Waals surface area contributed by atoms with Crippen molar-refractivity contribution in [2.24, 2.45) is 5.92 Å². The van der Waals surface area contributed by atoms with Gasteiger partial charge in [0.25, 0.3) is 0 Å². The minimum Gasteiger partial charge on any atom is -0.486 e. The molecule has 0 N–H and O–H groups in total. The van der Waals surface area contributed by atoms with Gasteiger partial charge in [-0.25, -0.2) is 4.98 Å². The first-order chi connectivity index (χ1) is 15.8. The third-order valence-corrected chi connectivity index (χ3v) is 7.20. The van der Waals surface area contributed by atoms with Gasteiger partial charge in [-0.1, -0.05) is 12.1 Å². The molecule has 0 spiro atoms. The second-order valence-corrected chi connectivity index (χ2v) is 9.31. The molecule has 0 amide bonds. The molecule has 3 aliphatic heterocycles. The van der Waals surface area contributed by atoms with E-state index in [0.717, 1.165) is 56.2 Å². The first kappa shape index (κ1) is 21.1. The zero-order valence-corrected chi connectivity index (χ0v) is 18.6. The van der Waals surface area contributed by atoms with E-state index in [-0.39, 0.29) is 6.10 Å². The largest absolute Gasteiger partial charge is 0.486 e. The molecule has 0 bridgehead atoms. The Morgan fingerprint density at radius 2 is 1.69 bits per heavy atom. The van der Waals surface area contributed by atoms with Crippen molar-refractivity contribution >= 4 is 17.6 Å². The maximum atomic E-state index is 10.1. The topological polar surface area (TPSA) is 91.4 Å². The van der Waals surface area contributed by atoms with Crippen molar-refractivity contribution in [2.75, 3.05) is 50.2 Å². The van der Waals surface area contributed by atoms with Crippen molar-refractivity contribution in [1.82, 2.24) is 4.98 Å². The average Bonchev–Trinajstić information content (AvgIpc) is 3.29. The number of hydrogen-bond acceptors (Lipinski definition) is 8. The monoisotopic (exact) mass is 448 g/mol. The van der Waals surface area contributed by atoms with Gasteiger partial charge in [-0.2, -0.15) is 10.5 Å². The van der Waals surface area contributed by atoms with Gasteiger partial charge < -0.3 is 19.1 Å². The van der Waals surface area contributed by atoms with E-state index in [0.29, 0.717) is 46.7 Å². The zero-order chi connectivity index (χ0) is 21.9. The van der Waals surface area contributed by atoms with Gasteiger partial charge in [0.15, 0.2) is 0 Å². The molecule has 1 aromatic heterocycles. The van der Waals surface area contributed by atoms with Crippen LogP contribution in [0.1, 0.15) is 24.0 Å². The van der Waals surface area contributed by atoms with Crippen molar-refractivity contribution < 1.29 is 14.2 Å². The molecular weight excluding hydrogens is 424 g/mol. The van der Waals surface area contributed by atoms with Gasteiger partial charge in [0.1, 0.15) is 40.4 Å². The molecule has 3 saturated heterocycles. The summed E-state index contributed by atoms with van der Waals surface area (Å²) >= 11 is 1.59. The Bertz CT molecular complexity index is 1060. The molecule has 164 valence electrons. The van der Waals surface area contributed by atoms with Crippen LogP contribution in [0.15, 0.2) is 29.3 Å². The number of ether oxygens (including phenoxy) is 3. The Morgan fingerprint density at radius 3 is 2.25 bits per heavy atom. The number of rotatable bonds is 7. The summed E-state index contributed by atoms with van der Waals surface area (Å²) < 4.78 is 16.3. The van der Waals surface area contributed by atoms with E-state index >= 15 is 0 Å². The molecule has 0 radical (unpaired) electrons. The lowest BCUT2D eigenvalue weighted by Gasteiger charge is -2.27. The standard InChI is InChI=1S/C24H24N4O3S/c25-9-20-22(17-3-5-18(6-4-17)31-19-13-30-14-19)21(10-26)24(32-15-16-11-29-12-16)27-23(20)28-7-1-2-8-28/h3-6,16,19H,1-2,7-8,11-15H2. The van der Waals surface area contributed by atoms with Crippen LogP contribution in [0, 0.1) is 28.6 Å². The zero-order valence-electron chi connectivity index (χ0n) is 17.7. The van der Waals surface area contributed by atoms with E-state index in [1.807, 2.05) is 24.3 Å². The molecule has 0 atom stereocenters. The number of anilines is 1. The molecule has 0 unspecified atom stereocenters. The summed E-state index contributed by atoms with van der Waals surface area (Å²) in [5.74, 6) is 2.78. The molecule has 5 rings (SSSR count). The van der Waals surface area contributed by atoms with Crippen molar-refractivity contribution in [2.45, 2.75) is 24.0 Å². The summed E-state index contributed by atoms with van der Waals surface area (Å²) in [5.41, 5.74) is 2.43. The molecule has 8 heteroatoms. The SMILES string of the molecule is N#Cc1c(SCC2COC2)nc(N2CCCC2)c(C#N)c1-c1ccc(OC2COC2)cc1. The highest BCUT2D eigenvalue weighted by Crippen LogP contribution is 2.39. The molecule has 2 aromatic rings. The van der Waals surface area contributed by atoms with Gasteiger partial charge >= 0.3 is 0 Å². The fourth-order valence-corrected chi connectivity index (χ4v) is 5.09. The van der Waals surface area contributed by atoms with Gasteiger partial charge in [-0.05, 0) is 30.5 Å². The molecule has 7 nitrogen and oxygen atoms in total. The molecule has 32 heavy (non-hydrogen) atoms. The minimum absolute atomic E-state index is 0.0892. The lowest BCUT2D eigenvalue weighted by molar-refractivity contribution is -0.0796. The normalized spacial score (nSPS) is 18.5. The Hall–Kier alpha value is -2.78. The second-order valence-electron chi connectivity index (χ2n) is 8.30. The highest BCUT2D eigenvalue weighted by atomic mass is 32.2. The minimum atomic E-state index is 0.0892. The molecule has 4 heterocycles. The number of nitrogens with zero attached hydrogens (tertiary/aromatic N) is 4. The lowest BCUT2D eigenvalue weighted by atomic mass is 9.96. The van der Waals surface area contributed by atoms with Gasteiger partial charge in [0.05, 0.1) is 32.0 Å². The van der Waals surface area contributed by atoms with Crippen LogP contribution in [0.5, 0.6) is 5.75 Å². The van der Waals surface area contributed by atoms with E-state index < -0.39 is 0 Å². The highest BCUT2D eigenvalue weighted by Gasteiger charge is 2.28. The predicted molar refractivity (Wildman–Crippen MR) is 121 cm³/mol. The first-order valence-corrected chi connectivity index (χ1v) is 11.9. The fourth-order valence-electron chi connectivity index (χ4n) is 4.06. The maximum absolute atomic E-state index is 10.1. The number of nitriles is 2. The van der Waals surface area contributed by atoms with Crippen LogP contribution in [0.25, 0.3) is 11.1 Å². The average molecular weight is 449 g/mol. The van der Waals surface area contributed by atoms with Crippen LogP contribution >= 0.6 is 11.8 Å². The number of pyridine rings is 1. The van der Waals surface area contributed by atoms with Crippen LogP contribution in [0.3, 0.4) is 0 Å². The van der Waals surface area contributed by atoms with Crippen LogP contribution in [0.2, 0.25) is 0 Å². The van der Waals surface area contributed by atoms with Gasteiger partial charge in [-0.3, -0.25) is 0 Å². The Kier molecular flexibility index (Phi) is 6.18. The third-order valence-electron chi connectivity index (χ3n) is 5.99. The lowest BCUT2D eigenvalue weighted by Crippen LogP contribution is -2.38.